The van der Waals surface area contributed by atoms with Crippen LogP contribution in [0.5, 0.6) is 5.75 Å². The Kier molecular flexibility index (Phi) is 42.9. The van der Waals surface area contributed by atoms with E-state index in [4.69, 9.17) is 4.74 Å². The number of hydrogen-bond acceptors (Lipinski definition) is 3. The van der Waals surface area contributed by atoms with Crippen LogP contribution >= 0.6 is 0 Å². The summed E-state index contributed by atoms with van der Waals surface area (Å²) in [4.78, 5) is 26.3. The summed E-state index contributed by atoms with van der Waals surface area (Å²) in [6.07, 6.45) is 56.1. The minimum Gasteiger partial charge on any atom is -0.493 e. The van der Waals surface area contributed by atoms with Crippen LogP contribution in [0.25, 0.3) is 0 Å². The van der Waals surface area contributed by atoms with Gasteiger partial charge in [-0.25, -0.2) is 0 Å². The molecule has 0 aliphatic rings. The number of ether oxygens (including phenoxy) is 1. The number of amides is 2. The van der Waals surface area contributed by atoms with Gasteiger partial charge < -0.3 is 15.4 Å². The monoisotopic (exact) mass is 853 g/mol. The lowest BCUT2D eigenvalue weighted by atomic mass is 10.0. The van der Waals surface area contributed by atoms with Crippen molar-refractivity contribution >= 4 is 11.8 Å². The summed E-state index contributed by atoms with van der Waals surface area (Å²) in [7, 11) is 0. The molecule has 0 aliphatic heterocycles. The quantitative estimate of drug-likeness (QED) is 0.0642. The molecule has 0 radical (unpaired) electrons. The first-order valence-corrected chi connectivity index (χ1v) is 27.5. The van der Waals surface area contributed by atoms with Crippen LogP contribution in [0.1, 0.15) is 311 Å². The molecule has 5 heteroatoms. The first-order chi connectivity index (χ1) is 30.1. The lowest BCUT2D eigenvalue weighted by Gasteiger charge is -2.14. The Hall–Kier alpha value is -2.04. The number of rotatable bonds is 48. The normalized spacial score (nSPS) is 11.3. The smallest absolute Gasteiger partial charge is 0.255 e. The average Bonchev–Trinajstić information content (AvgIpc) is 3.27. The molecule has 0 atom stereocenters. The second-order valence-electron chi connectivity index (χ2n) is 18.9. The van der Waals surface area contributed by atoms with Crippen LogP contribution in [0.2, 0.25) is 0 Å². The predicted octanol–water partition coefficient (Wildman–Crippen LogP) is 18.0. The standard InChI is InChI=1S/C56H104N2O3/c1-4-7-10-13-15-17-19-21-23-25-27-29-31-33-35-37-39-41-43-48-57-55(59)52-46-47-53(54(51-52)61-50-45-12-9-6-3)56(60)58-49-44-42-40-38-36-34-32-30-28-26-24-22-20-18-16-14-11-8-5-2/h46-47,51H,4-45,48-50H2,1-3H3,(H,57,59)(H,58,60). The predicted molar refractivity (Wildman–Crippen MR) is 268 cm³/mol. The molecule has 0 aliphatic carbocycles. The Morgan fingerprint density at radius 2 is 0.639 bits per heavy atom. The van der Waals surface area contributed by atoms with E-state index in [1.54, 1.807) is 18.2 Å². The van der Waals surface area contributed by atoms with Gasteiger partial charge >= 0.3 is 0 Å². The number of benzene rings is 1. The Balaban J connectivity index is 2.17. The van der Waals surface area contributed by atoms with Gasteiger partial charge in [-0.3, -0.25) is 9.59 Å². The van der Waals surface area contributed by atoms with Crippen LogP contribution < -0.4 is 15.4 Å². The SMILES string of the molecule is CCCCCCCCCCCCCCCCCCCCCNC(=O)c1ccc(C(=O)NCCCCCCCCCCCCCCCCCCCCC)c(OCCCCCC)c1. The first kappa shape index (κ1) is 57.0. The highest BCUT2D eigenvalue weighted by Gasteiger charge is 2.16. The second kappa shape index (κ2) is 46.0. The molecule has 0 spiro atoms. The Bertz CT molecular complexity index is 1090. The molecule has 0 fully saturated rings. The Morgan fingerprint density at radius 3 is 0.967 bits per heavy atom. The van der Waals surface area contributed by atoms with Crippen LogP contribution in [0.15, 0.2) is 18.2 Å². The molecule has 5 nitrogen and oxygen atoms in total. The van der Waals surface area contributed by atoms with Crippen LogP contribution in [0.3, 0.4) is 0 Å². The number of nitrogens with one attached hydrogen (secondary N) is 2. The van der Waals surface area contributed by atoms with Gasteiger partial charge in [0.25, 0.3) is 11.8 Å². The zero-order valence-corrected chi connectivity index (χ0v) is 41.3. The van der Waals surface area contributed by atoms with Crippen molar-refractivity contribution in [1.82, 2.24) is 10.6 Å². The largest absolute Gasteiger partial charge is 0.493 e. The van der Waals surface area contributed by atoms with E-state index in [0.29, 0.717) is 36.6 Å². The van der Waals surface area contributed by atoms with E-state index in [1.807, 2.05) is 0 Å². The van der Waals surface area contributed by atoms with Crippen molar-refractivity contribution in [2.75, 3.05) is 19.7 Å². The van der Waals surface area contributed by atoms with Crippen molar-refractivity contribution in [2.45, 2.75) is 290 Å². The van der Waals surface area contributed by atoms with Crippen molar-refractivity contribution in [2.24, 2.45) is 0 Å². The third kappa shape index (κ3) is 37.1. The summed E-state index contributed by atoms with van der Waals surface area (Å²) in [5, 5.41) is 6.24. The molecule has 0 aromatic heterocycles. The molecular formula is C56H104N2O3. The molecule has 356 valence electrons. The lowest BCUT2D eigenvalue weighted by molar-refractivity contribution is 0.0937. The highest BCUT2D eigenvalue weighted by Crippen LogP contribution is 2.22. The third-order valence-corrected chi connectivity index (χ3v) is 12.9. The van der Waals surface area contributed by atoms with E-state index in [0.717, 1.165) is 38.5 Å². The van der Waals surface area contributed by atoms with Gasteiger partial charge in [0.1, 0.15) is 5.75 Å². The fraction of sp³-hybridized carbons (Fsp3) is 0.857. The van der Waals surface area contributed by atoms with Crippen LogP contribution in [0.4, 0.5) is 0 Å². The fourth-order valence-corrected chi connectivity index (χ4v) is 8.69. The van der Waals surface area contributed by atoms with Gasteiger partial charge in [-0.1, -0.05) is 271 Å². The topological polar surface area (TPSA) is 67.4 Å². The maximum Gasteiger partial charge on any atom is 0.255 e. The zero-order valence-electron chi connectivity index (χ0n) is 41.3. The average molecular weight is 853 g/mol. The molecule has 0 heterocycles. The number of unbranched alkanes of at least 4 members (excludes halogenated alkanes) is 39. The van der Waals surface area contributed by atoms with Gasteiger partial charge in [-0.15, -0.1) is 0 Å². The Morgan fingerprint density at radius 1 is 0.361 bits per heavy atom. The molecule has 0 saturated heterocycles. The fourth-order valence-electron chi connectivity index (χ4n) is 8.69. The second-order valence-corrected chi connectivity index (χ2v) is 18.9. The maximum absolute atomic E-state index is 13.2. The van der Waals surface area contributed by atoms with Crippen molar-refractivity contribution in [3.05, 3.63) is 29.3 Å². The lowest BCUT2D eigenvalue weighted by Crippen LogP contribution is -2.26. The summed E-state index contributed by atoms with van der Waals surface area (Å²) in [6, 6.07) is 5.33. The molecule has 1 aromatic carbocycles. The molecule has 1 rings (SSSR count). The molecule has 0 bridgehead atoms. The van der Waals surface area contributed by atoms with E-state index >= 15 is 0 Å². The van der Waals surface area contributed by atoms with Gasteiger partial charge in [0.15, 0.2) is 0 Å². The van der Waals surface area contributed by atoms with E-state index < -0.39 is 0 Å². The maximum atomic E-state index is 13.2. The number of carbonyl (C=O) groups excluding carboxylic acids is 2. The van der Waals surface area contributed by atoms with Gasteiger partial charge in [0.2, 0.25) is 0 Å². The van der Waals surface area contributed by atoms with E-state index in [2.05, 4.69) is 31.4 Å². The minimum absolute atomic E-state index is 0.0840. The highest BCUT2D eigenvalue weighted by molar-refractivity contribution is 6.00. The molecule has 2 amide bonds. The van der Waals surface area contributed by atoms with Crippen LogP contribution in [0, 0.1) is 0 Å². The minimum atomic E-state index is -0.105. The highest BCUT2D eigenvalue weighted by atomic mass is 16.5. The Labute approximate surface area is 380 Å². The summed E-state index contributed by atoms with van der Waals surface area (Å²) >= 11 is 0. The van der Waals surface area contributed by atoms with Gasteiger partial charge in [-0.2, -0.15) is 0 Å². The van der Waals surface area contributed by atoms with Crippen LogP contribution in [-0.2, 0) is 0 Å². The van der Waals surface area contributed by atoms with Crippen molar-refractivity contribution in [3.63, 3.8) is 0 Å². The van der Waals surface area contributed by atoms with Crippen molar-refractivity contribution < 1.29 is 14.3 Å². The molecular weight excluding hydrogens is 749 g/mol. The first-order valence-electron chi connectivity index (χ1n) is 27.5. The molecule has 61 heavy (non-hydrogen) atoms. The molecule has 2 N–H and O–H groups in total. The molecule has 0 unspecified atom stereocenters. The number of carbonyl (C=O) groups is 2. The van der Waals surface area contributed by atoms with Crippen LogP contribution in [-0.4, -0.2) is 31.5 Å². The van der Waals surface area contributed by atoms with Gasteiger partial charge in [0, 0.05) is 18.7 Å². The molecule has 0 saturated carbocycles. The third-order valence-electron chi connectivity index (χ3n) is 12.9. The zero-order chi connectivity index (χ0) is 43.9. The van der Waals surface area contributed by atoms with E-state index in [9.17, 15) is 9.59 Å². The summed E-state index contributed by atoms with van der Waals surface area (Å²) in [6.45, 7) is 8.71. The van der Waals surface area contributed by atoms with Crippen molar-refractivity contribution in [1.29, 1.82) is 0 Å². The van der Waals surface area contributed by atoms with Crippen molar-refractivity contribution in [3.8, 4) is 5.75 Å². The summed E-state index contributed by atoms with van der Waals surface area (Å²) in [5.41, 5.74) is 1.10. The summed E-state index contributed by atoms with van der Waals surface area (Å²) < 4.78 is 6.15. The number of hydrogen-bond donors (Lipinski definition) is 2. The van der Waals surface area contributed by atoms with E-state index in [-0.39, 0.29) is 11.8 Å². The summed E-state index contributed by atoms with van der Waals surface area (Å²) in [5.74, 6) is 0.338. The van der Waals surface area contributed by atoms with Gasteiger partial charge in [-0.05, 0) is 37.5 Å². The molecule has 1 aromatic rings. The van der Waals surface area contributed by atoms with Gasteiger partial charge in [0.05, 0.1) is 12.2 Å². The van der Waals surface area contributed by atoms with E-state index in [1.165, 1.54) is 231 Å².